The molecule has 7 nitrogen and oxygen atoms in total. The summed E-state index contributed by atoms with van der Waals surface area (Å²) in [5, 5.41) is 3.86. The highest BCUT2D eigenvalue weighted by Gasteiger charge is 2.10. The highest BCUT2D eigenvalue weighted by Crippen LogP contribution is 2.22. The number of nitrogens with zero attached hydrogens (tertiary/aromatic N) is 2. The zero-order valence-electron chi connectivity index (χ0n) is 16.7. The first kappa shape index (κ1) is 21.1. The quantitative estimate of drug-likeness (QED) is 0.464. The van der Waals surface area contributed by atoms with E-state index in [1.807, 2.05) is 31.2 Å². The lowest BCUT2D eigenvalue weighted by molar-refractivity contribution is -0.135. The van der Waals surface area contributed by atoms with Gasteiger partial charge in [0.25, 0.3) is 5.91 Å². The van der Waals surface area contributed by atoms with Crippen molar-refractivity contribution in [3.8, 4) is 17.2 Å². The van der Waals surface area contributed by atoms with Crippen LogP contribution in [0.3, 0.4) is 0 Å². The number of likely N-dealkylation sites (N-methyl/N-ethyl adjacent to an activating group) is 1. The molecule has 28 heavy (non-hydrogen) atoms. The molecule has 0 aliphatic carbocycles. The number of oxime groups is 1. The van der Waals surface area contributed by atoms with E-state index in [0.717, 1.165) is 11.3 Å². The monoisotopic (exact) mass is 386 g/mol. The predicted molar refractivity (Wildman–Crippen MR) is 107 cm³/mol. The number of hydrogen-bond donors (Lipinski definition) is 0. The number of ether oxygens (including phenoxy) is 3. The summed E-state index contributed by atoms with van der Waals surface area (Å²) >= 11 is 0. The number of benzene rings is 2. The molecule has 0 radical (unpaired) electrons. The number of hydrogen-bond acceptors (Lipinski definition) is 6. The maximum atomic E-state index is 12.2. The van der Waals surface area contributed by atoms with Crippen LogP contribution in [0.25, 0.3) is 0 Å². The molecule has 0 heterocycles. The summed E-state index contributed by atoms with van der Waals surface area (Å²) in [7, 11) is 4.87. The van der Waals surface area contributed by atoms with Crippen molar-refractivity contribution in [3.63, 3.8) is 0 Å². The lowest BCUT2D eigenvalue weighted by Gasteiger charge is -2.16. The van der Waals surface area contributed by atoms with Crippen LogP contribution in [-0.2, 0) is 16.2 Å². The number of methoxy groups -OCH3 is 2. The SMILES string of the molecule is CCOc1ccc(CN(C)C(=O)CO/N=C/c2cc(OC)ccc2OC)cc1. The van der Waals surface area contributed by atoms with Gasteiger partial charge in [0.05, 0.1) is 27.0 Å². The minimum Gasteiger partial charge on any atom is -0.497 e. The summed E-state index contributed by atoms with van der Waals surface area (Å²) in [6, 6.07) is 13.0. The summed E-state index contributed by atoms with van der Waals surface area (Å²) in [5.74, 6) is 1.94. The van der Waals surface area contributed by atoms with Crippen LogP contribution in [-0.4, -0.2) is 51.5 Å². The molecule has 0 bridgehead atoms. The Kier molecular flexibility index (Phi) is 8.14. The Bertz CT molecular complexity index is 790. The van der Waals surface area contributed by atoms with Crippen LogP contribution >= 0.6 is 0 Å². The number of amides is 1. The smallest absolute Gasteiger partial charge is 0.263 e. The molecule has 0 aliphatic heterocycles. The molecule has 0 atom stereocenters. The molecule has 7 heteroatoms. The molecule has 2 aromatic rings. The molecule has 150 valence electrons. The third-order valence-electron chi connectivity index (χ3n) is 3.97. The van der Waals surface area contributed by atoms with Gasteiger partial charge in [0.15, 0.2) is 6.61 Å². The van der Waals surface area contributed by atoms with Gasteiger partial charge in [-0.05, 0) is 42.8 Å². The van der Waals surface area contributed by atoms with E-state index in [0.29, 0.717) is 30.2 Å². The zero-order valence-corrected chi connectivity index (χ0v) is 16.7. The van der Waals surface area contributed by atoms with E-state index in [1.54, 1.807) is 44.4 Å². The normalized spacial score (nSPS) is 10.6. The van der Waals surface area contributed by atoms with Gasteiger partial charge in [-0.1, -0.05) is 17.3 Å². The zero-order chi connectivity index (χ0) is 20.4. The summed E-state index contributed by atoms with van der Waals surface area (Å²) in [4.78, 5) is 18.9. The fraction of sp³-hybridized carbons (Fsp3) is 0.333. The summed E-state index contributed by atoms with van der Waals surface area (Å²) in [6.07, 6.45) is 1.49. The van der Waals surface area contributed by atoms with E-state index >= 15 is 0 Å². The van der Waals surface area contributed by atoms with Crippen molar-refractivity contribution in [2.75, 3.05) is 34.5 Å². The highest BCUT2D eigenvalue weighted by atomic mass is 16.6. The molecule has 0 saturated carbocycles. The Morgan fingerprint density at radius 1 is 1.07 bits per heavy atom. The van der Waals surface area contributed by atoms with Crippen LogP contribution < -0.4 is 14.2 Å². The third kappa shape index (κ3) is 6.19. The maximum absolute atomic E-state index is 12.2. The first-order valence-corrected chi connectivity index (χ1v) is 8.90. The van der Waals surface area contributed by atoms with Gasteiger partial charge in [0.1, 0.15) is 17.2 Å². The van der Waals surface area contributed by atoms with E-state index < -0.39 is 0 Å². The van der Waals surface area contributed by atoms with Crippen LogP contribution in [0.1, 0.15) is 18.1 Å². The Hall–Kier alpha value is -3.22. The van der Waals surface area contributed by atoms with Crippen LogP contribution in [0.5, 0.6) is 17.2 Å². The first-order chi connectivity index (χ1) is 13.6. The van der Waals surface area contributed by atoms with Gasteiger partial charge in [-0.2, -0.15) is 0 Å². The van der Waals surface area contributed by atoms with E-state index in [4.69, 9.17) is 19.0 Å². The second-order valence-corrected chi connectivity index (χ2v) is 5.94. The van der Waals surface area contributed by atoms with Crippen molar-refractivity contribution in [1.29, 1.82) is 0 Å². The van der Waals surface area contributed by atoms with E-state index in [2.05, 4.69) is 5.16 Å². The molecule has 0 aliphatic rings. The van der Waals surface area contributed by atoms with Crippen molar-refractivity contribution < 1.29 is 23.8 Å². The summed E-state index contributed by atoms with van der Waals surface area (Å²) in [5.41, 5.74) is 1.70. The molecule has 2 aromatic carbocycles. The van der Waals surface area contributed by atoms with E-state index in [9.17, 15) is 4.79 Å². The fourth-order valence-electron chi connectivity index (χ4n) is 2.46. The van der Waals surface area contributed by atoms with Gasteiger partial charge >= 0.3 is 0 Å². The molecule has 0 spiro atoms. The number of carbonyl (C=O) groups excluding carboxylic acids is 1. The third-order valence-corrected chi connectivity index (χ3v) is 3.97. The highest BCUT2D eigenvalue weighted by molar-refractivity contribution is 5.84. The molecule has 0 fully saturated rings. The van der Waals surface area contributed by atoms with Crippen LogP contribution in [0.2, 0.25) is 0 Å². The lowest BCUT2D eigenvalue weighted by Crippen LogP contribution is -2.29. The lowest BCUT2D eigenvalue weighted by atomic mass is 10.2. The van der Waals surface area contributed by atoms with Gasteiger partial charge in [0.2, 0.25) is 0 Å². The fourth-order valence-corrected chi connectivity index (χ4v) is 2.46. The summed E-state index contributed by atoms with van der Waals surface area (Å²) in [6.45, 7) is 2.88. The van der Waals surface area contributed by atoms with Crippen LogP contribution in [0, 0.1) is 0 Å². The number of rotatable bonds is 10. The van der Waals surface area contributed by atoms with Gasteiger partial charge in [-0.15, -0.1) is 0 Å². The average Bonchev–Trinajstić information content (AvgIpc) is 2.72. The molecule has 0 aromatic heterocycles. The Labute approximate surface area is 165 Å². The standard InChI is InChI=1S/C21H26N2O5/c1-5-27-18-8-6-16(7-9-18)14-23(2)21(24)15-28-22-13-17-12-19(25-3)10-11-20(17)26-4/h6-13H,5,14-15H2,1-4H3/b22-13+. The molecule has 0 saturated heterocycles. The maximum Gasteiger partial charge on any atom is 0.263 e. The van der Waals surface area contributed by atoms with Crippen LogP contribution in [0.4, 0.5) is 0 Å². The number of carbonyl (C=O) groups is 1. The second-order valence-electron chi connectivity index (χ2n) is 5.94. The van der Waals surface area contributed by atoms with Gasteiger partial charge in [-0.3, -0.25) is 4.79 Å². The van der Waals surface area contributed by atoms with Crippen molar-refractivity contribution in [2.24, 2.45) is 5.16 Å². The van der Waals surface area contributed by atoms with Crippen molar-refractivity contribution >= 4 is 12.1 Å². The molecule has 0 unspecified atom stereocenters. The average molecular weight is 386 g/mol. The van der Waals surface area contributed by atoms with Crippen LogP contribution in [0.15, 0.2) is 47.6 Å². The van der Waals surface area contributed by atoms with Crippen molar-refractivity contribution in [3.05, 3.63) is 53.6 Å². The minimum atomic E-state index is -0.177. The van der Waals surface area contributed by atoms with E-state index in [-0.39, 0.29) is 12.5 Å². The molecule has 1 amide bonds. The molecular formula is C21H26N2O5. The predicted octanol–water partition coefficient (Wildman–Crippen LogP) is 3.11. The van der Waals surface area contributed by atoms with Gasteiger partial charge < -0.3 is 23.9 Å². The topological polar surface area (TPSA) is 69.6 Å². The molecular weight excluding hydrogens is 360 g/mol. The largest absolute Gasteiger partial charge is 0.497 e. The first-order valence-electron chi connectivity index (χ1n) is 8.90. The Morgan fingerprint density at radius 2 is 1.79 bits per heavy atom. The summed E-state index contributed by atoms with van der Waals surface area (Å²) < 4.78 is 15.9. The second kappa shape index (κ2) is 10.8. The minimum absolute atomic E-state index is 0.156. The van der Waals surface area contributed by atoms with Crippen molar-refractivity contribution in [1.82, 2.24) is 4.90 Å². The van der Waals surface area contributed by atoms with E-state index in [1.165, 1.54) is 6.21 Å². The van der Waals surface area contributed by atoms with Gasteiger partial charge in [-0.25, -0.2) is 0 Å². The Morgan fingerprint density at radius 3 is 2.43 bits per heavy atom. The van der Waals surface area contributed by atoms with Gasteiger partial charge in [0, 0.05) is 19.2 Å². The van der Waals surface area contributed by atoms with Crippen molar-refractivity contribution in [2.45, 2.75) is 13.5 Å². The molecule has 0 N–H and O–H groups in total. The Balaban J connectivity index is 1.85. The molecule has 2 rings (SSSR count).